The number of amides is 3. The van der Waals surface area contributed by atoms with E-state index in [-0.39, 0.29) is 22.7 Å². The van der Waals surface area contributed by atoms with Gasteiger partial charge in [-0.25, -0.2) is 18.1 Å². The summed E-state index contributed by atoms with van der Waals surface area (Å²) in [6.45, 7) is 1.45. The number of pyridine rings is 1. The van der Waals surface area contributed by atoms with Crippen LogP contribution in [0.5, 0.6) is 5.75 Å². The zero-order valence-electron chi connectivity index (χ0n) is 18.9. The van der Waals surface area contributed by atoms with Gasteiger partial charge in [-0.3, -0.25) is 14.5 Å². The normalized spacial score (nSPS) is 18.0. The fourth-order valence-electron chi connectivity index (χ4n) is 3.70. The summed E-state index contributed by atoms with van der Waals surface area (Å²) in [7, 11) is -4.02. The minimum atomic E-state index is -4.89. The molecule has 0 bridgehead atoms. The molecule has 0 aliphatic carbocycles. The van der Waals surface area contributed by atoms with Crippen molar-refractivity contribution in [3.05, 3.63) is 77.6 Å². The zero-order valence-corrected chi connectivity index (χ0v) is 20.5. The van der Waals surface area contributed by atoms with Crippen LogP contribution < -0.4 is 19.7 Å². The largest absolute Gasteiger partial charge is 0.573 e. The number of hydrogen-bond acceptors (Lipinski definition) is 6. The second kappa shape index (κ2) is 9.56. The number of anilines is 2. The van der Waals surface area contributed by atoms with Crippen LogP contribution >= 0.6 is 11.6 Å². The first-order valence-corrected chi connectivity index (χ1v) is 12.4. The Morgan fingerprint density at radius 1 is 1.08 bits per heavy atom. The predicted molar refractivity (Wildman–Crippen MR) is 128 cm³/mol. The van der Waals surface area contributed by atoms with Crippen LogP contribution in [0.3, 0.4) is 0 Å². The third-order valence-electron chi connectivity index (χ3n) is 5.41. The van der Waals surface area contributed by atoms with E-state index in [2.05, 4.69) is 19.8 Å². The molecule has 0 radical (unpaired) electrons. The van der Waals surface area contributed by atoms with Gasteiger partial charge in [0.2, 0.25) is 0 Å². The molecule has 0 saturated carbocycles. The monoisotopic (exact) mass is 554 g/mol. The Balaban J connectivity index is 1.56. The van der Waals surface area contributed by atoms with Crippen LogP contribution in [-0.4, -0.2) is 37.2 Å². The number of benzene rings is 2. The van der Waals surface area contributed by atoms with E-state index in [1.54, 1.807) is 0 Å². The van der Waals surface area contributed by atoms with Crippen molar-refractivity contribution in [2.45, 2.75) is 30.1 Å². The minimum Gasteiger partial charge on any atom is -0.406 e. The first kappa shape index (κ1) is 26.2. The van der Waals surface area contributed by atoms with Gasteiger partial charge in [-0.2, -0.15) is 0 Å². The number of nitrogens with zero attached hydrogens (tertiary/aromatic N) is 2. The quantitative estimate of drug-likeness (QED) is 0.416. The second-order valence-electron chi connectivity index (χ2n) is 8.21. The maximum atomic E-state index is 13.3. The lowest BCUT2D eigenvalue weighted by molar-refractivity contribution is -0.274. The van der Waals surface area contributed by atoms with E-state index in [1.807, 2.05) is 0 Å². The summed E-state index contributed by atoms with van der Waals surface area (Å²) in [6, 6.07) is 10.4. The topological polar surface area (TPSA) is 118 Å². The van der Waals surface area contributed by atoms with Crippen molar-refractivity contribution in [2.75, 3.05) is 9.62 Å². The average molecular weight is 555 g/mol. The highest BCUT2D eigenvalue weighted by Gasteiger charge is 2.48. The average Bonchev–Trinajstić information content (AvgIpc) is 3.02. The van der Waals surface area contributed by atoms with Crippen molar-refractivity contribution in [2.24, 2.45) is 0 Å². The summed E-state index contributed by atoms with van der Waals surface area (Å²) in [4.78, 5) is 30.6. The summed E-state index contributed by atoms with van der Waals surface area (Å²) in [5.41, 5.74) is -1.02. The van der Waals surface area contributed by atoms with Crippen LogP contribution in [0.2, 0.25) is 5.02 Å². The molecule has 14 heteroatoms. The zero-order chi connectivity index (χ0) is 27.0. The second-order valence-corrected chi connectivity index (χ2v) is 10.3. The van der Waals surface area contributed by atoms with Gasteiger partial charge in [-0.15, -0.1) is 13.2 Å². The molecule has 3 amide bonds. The Bertz CT molecular complexity index is 1450. The number of sulfonamides is 1. The molecular formula is C23H18ClF3N4O5S. The third-order valence-corrected chi connectivity index (χ3v) is 7.05. The summed E-state index contributed by atoms with van der Waals surface area (Å²) >= 11 is 5.83. The summed E-state index contributed by atoms with van der Waals surface area (Å²) in [6.07, 6.45) is -2.34. The lowest BCUT2D eigenvalue weighted by Gasteiger charge is -2.23. The molecule has 2 heterocycles. The van der Waals surface area contributed by atoms with Gasteiger partial charge in [0.1, 0.15) is 11.3 Å². The van der Waals surface area contributed by atoms with Gasteiger partial charge < -0.3 is 10.1 Å². The van der Waals surface area contributed by atoms with Crippen LogP contribution in [0.15, 0.2) is 71.9 Å². The molecule has 4 rings (SSSR count). The molecule has 1 aliphatic heterocycles. The van der Waals surface area contributed by atoms with Crippen LogP contribution in [-0.2, 0) is 21.2 Å². The van der Waals surface area contributed by atoms with E-state index in [4.69, 9.17) is 11.6 Å². The van der Waals surface area contributed by atoms with E-state index in [1.165, 1.54) is 49.6 Å². The molecule has 1 atom stereocenters. The number of hydrogen-bond donors (Lipinski definition) is 2. The molecule has 194 valence electrons. The lowest BCUT2D eigenvalue weighted by Crippen LogP contribution is -2.46. The molecule has 9 nitrogen and oxygen atoms in total. The van der Waals surface area contributed by atoms with Crippen LogP contribution in [0.4, 0.5) is 29.3 Å². The lowest BCUT2D eigenvalue weighted by atomic mass is 9.92. The Kier molecular flexibility index (Phi) is 6.78. The van der Waals surface area contributed by atoms with Gasteiger partial charge in [-0.05, 0) is 67.1 Å². The Morgan fingerprint density at radius 2 is 1.73 bits per heavy atom. The SMILES string of the molecule is CC1(Cc2ccncc2NS(=O)(=O)c2ccc(Cl)cc2)NC(=O)N(c2ccc(OC(F)(F)F)cc2)C1=O. The number of halogens is 4. The number of nitrogens with one attached hydrogen (secondary N) is 2. The Hall–Kier alpha value is -3.84. The van der Waals surface area contributed by atoms with Gasteiger partial charge in [0.05, 0.1) is 22.5 Å². The summed E-state index contributed by atoms with van der Waals surface area (Å²) < 4.78 is 69.2. The predicted octanol–water partition coefficient (Wildman–Crippen LogP) is 4.49. The number of rotatable bonds is 7. The van der Waals surface area contributed by atoms with Gasteiger partial charge >= 0.3 is 12.4 Å². The fraction of sp³-hybridized carbons (Fsp3) is 0.174. The number of carbonyl (C=O) groups excluding carboxylic acids is 2. The van der Waals surface area contributed by atoms with Crippen LogP contribution in [0.1, 0.15) is 12.5 Å². The highest BCUT2D eigenvalue weighted by Crippen LogP contribution is 2.32. The van der Waals surface area contributed by atoms with Crippen molar-refractivity contribution in [3.8, 4) is 5.75 Å². The molecule has 0 spiro atoms. The number of ether oxygens (including phenoxy) is 1. The molecule has 1 fully saturated rings. The van der Waals surface area contributed by atoms with Gasteiger partial charge in [0, 0.05) is 17.6 Å². The number of imide groups is 1. The smallest absolute Gasteiger partial charge is 0.406 e. The number of urea groups is 1. The maximum absolute atomic E-state index is 13.3. The third kappa shape index (κ3) is 5.78. The molecule has 2 aromatic carbocycles. The van der Waals surface area contributed by atoms with Crippen LogP contribution in [0.25, 0.3) is 0 Å². The van der Waals surface area contributed by atoms with E-state index in [0.717, 1.165) is 29.2 Å². The van der Waals surface area contributed by atoms with Gasteiger partial charge in [0.15, 0.2) is 0 Å². The van der Waals surface area contributed by atoms with E-state index in [9.17, 15) is 31.2 Å². The number of alkyl halides is 3. The van der Waals surface area contributed by atoms with E-state index >= 15 is 0 Å². The molecule has 1 saturated heterocycles. The van der Waals surface area contributed by atoms with Crippen molar-refractivity contribution in [1.29, 1.82) is 0 Å². The molecule has 1 unspecified atom stereocenters. The van der Waals surface area contributed by atoms with Crippen molar-refractivity contribution in [1.82, 2.24) is 10.3 Å². The molecule has 1 aromatic heterocycles. The number of carbonyl (C=O) groups is 2. The Labute approximate surface area is 214 Å². The van der Waals surface area contributed by atoms with E-state index in [0.29, 0.717) is 10.6 Å². The molecule has 2 N–H and O–H groups in total. The fourth-order valence-corrected chi connectivity index (χ4v) is 4.91. The molecule has 1 aliphatic rings. The van der Waals surface area contributed by atoms with E-state index < -0.39 is 39.6 Å². The highest BCUT2D eigenvalue weighted by molar-refractivity contribution is 7.92. The van der Waals surface area contributed by atoms with Crippen LogP contribution in [0, 0.1) is 0 Å². The Morgan fingerprint density at radius 3 is 2.35 bits per heavy atom. The first-order chi connectivity index (χ1) is 17.3. The van der Waals surface area contributed by atoms with Crippen molar-refractivity contribution >= 4 is 44.9 Å². The molecular weight excluding hydrogens is 537 g/mol. The highest BCUT2D eigenvalue weighted by atomic mass is 35.5. The summed E-state index contributed by atoms with van der Waals surface area (Å²) in [5.74, 6) is -1.20. The number of aromatic nitrogens is 1. The van der Waals surface area contributed by atoms with Crippen molar-refractivity contribution in [3.63, 3.8) is 0 Å². The van der Waals surface area contributed by atoms with Crippen molar-refractivity contribution < 1.29 is 35.9 Å². The van der Waals surface area contributed by atoms with Gasteiger partial charge in [0.25, 0.3) is 15.9 Å². The maximum Gasteiger partial charge on any atom is 0.573 e. The first-order valence-electron chi connectivity index (χ1n) is 10.5. The van der Waals surface area contributed by atoms with Gasteiger partial charge in [-0.1, -0.05) is 11.6 Å². The standard InChI is InChI=1S/C23H18ClF3N4O5S/c1-22(20(32)31(21(33)29-22)16-4-6-17(7-5-16)36-23(25,26)27)12-14-10-11-28-13-19(14)30-37(34,35)18-8-2-15(24)3-9-18/h2-11,13,30H,12H2,1H3,(H,29,33). The molecule has 3 aromatic rings. The summed E-state index contributed by atoms with van der Waals surface area (Å²) in [5, 5.41) is 2.93. The molecule has 37 heavy (non-hydrogen) atoms. The minimum absolute atomic E-state index is 0.0270.